The summed E-state index contributed by atoms with van der Waals surface area (Å²) in [4.78, 5) is 4.70. The minimum absolute atomic E-state index is 0. The van der Waals surface area contributed by atoms with Gasteiger partial charge in [0, 0.05) is 32.7 Å². The van der Waals surface area contributed by atoms with Crippen molar-refractivity contribution >= 4 is 29.9 Å². The van der Waals surface area contributed by atoms with Crippen LogP contribution in [0, 0.1) is 0 Å². The smallest absolute Gasteiger partial charge is 0.191 e. The normalized spacial score (nSPS) is 23.5. The molecule has 3 heterocycles. The monoisotopic (exact) mass is 462 g/mol. The van der Waals surface area contributed by atoms with Gasteiger partial charge in [-0.15, -0.1) is 34.2 Å². The number of hydrogen-bond acceptors (Lipinski definition) is 4. The SMILES string of the molecule is CCNC(=NCc1nnc2n1CCCCC2)NCC1(C)CCCO1.I. The van der Waals surface area contributed by atoms with E-state index in [9.17, 15) is 0 Å². The number of fused-ring (bicyclic) bond motifs is 1. The Balaban J connectivity index is 0.00000225. The maximum Gasteiger partial charge on any atom is 0.191 e. The molecular weight excluding hydrogens is 431 g/mol. The van der Waals surface area contributed by atoms with Gasteiger partial charge in [0.05, 0.1) is 5.60 Å². The third-order valence-electron chi connectivity index (χ3n) is 4.84. The number of halogens is 1. The lowest BCUT2D eigenvalue weighted by Crippen LogP contribution is -2.45. The molecule has 1 fully saturated rings. The van der Waals surface area contributed by atoms with E-state index >= 15 is 0 Å². The van der Waals surface area contributed by atoms with Gasteiger partial charge in [-0.1, -0.05) is 6.42 Å². The van der Waals surface area contributed by atoms with Crippen LogP contribution in [-0.2, 0) is 24.2 Å². The summed E-state index contributed by atoms with van der Waals surface area (Å²) < 4.78 is 8.09. The van der Waals surface area contributed by atoms with Crippen LogP contribution in [0.15, 0.2) is 4.99 Å². The van der Waals surface area contributed by atoms with Crippen molar-refractivity contribution in [2.24, 2.45) is 4.99 Å². The van der Waals surface area contributed by atoms with Crippen LogP contribution in [0.25, 0.3) is 0 Å². The highest BCUT2D eigenvalue weighted by Crippen LogP contribution is 2.23. The number of guanidine groups is 1. The number of nitrogens with zero attached hydrogens (tertiary/aromatic N) is 4. The number of nitrogens with one attached hydrogen (secondary N) is 2. The molecule has 2 aliphatic rings. The average Bonchev–Trinajstić information content (AvgIpc) is 3.10. The van der Waals surface area contributed by atoms with Gasteiger partial charge >= 0.3 is 0 Å². The molecule has 0 amide bonds. The number of ether oxygens (including phenoxy) is 1. The van der Waals surface area contributed by atoms with E-state index in [-0.39, 0.29) is 29.6 Å². The molecule has 0 aromatic carbocycles. The molecule has 7 nitrogen and oxygen atoms in total. The van der Waals surface area contributed by atoms with Gasteiger partial charge in [-0.2, -0.15) is 0 Å². The van der Waals surface area contributed by atoms with Gasteiger partial charge in [-0.3, -0.25) is 0 Å². The Hall–Kier alpha value is -0.900. The van der Waals surface area contributed by atoms with Crippen molar-refractivity contribution < 1.29 is 4.74 Å². The molecule has 8 heteroatoms. The second-order valence-corrected chi connectivity index (χ2v) is 6.95. The first-order valence-electron chi connectivity index (χ1n) is 9.27. The molecule has 3 rings (SSSR count). The zero-order valence-corrected chi connectivity index (χ0v) is 17.7. The van der Waals surface area contributed by atoms with E-state index in [1.165, 1.54) is 19.3 Å². The molecule has 1 unspecified atom stereocenters. The van der Waals surface area contributed by atoms with Gasteiger partial charge < -0.3 is 19.9 Å². The van der Waals surface area contributed by atoms with Crippen LogP contribution in [0.3, 0.4) is 0 Å². The second kappa shape index (κ2) is 9.70. The minimum Gasteiger partial charge on any atom is -0.373 e. The first-order chi connectivity index (χ1) is 11.7. The second-order valence-electron chi connectivity index (χ2n) is 6.95. The maximum absolute atomic E-state index is 5.84. The topological polar surface area (TPSA) is 76.4 Å². The van der Waals surface area contributed by atoms with Crippen molar-refractivity contribution in [3.63, 3.8) is 0 Å². The van der Waals surface area contributed by atoms with Crippen LogP contribution >= 0.6 is 24.0 Å². The standard InChI is InChI=1S/C17H30N6O.HI/c1-3-18-16(20-13-17(2)9-7-11-24-17)19-12-15-22-21-14-8-5-4-6-10-23(14)15;/h3-13H2,1-2H3,(H2,18,19,20);1H. The fourth-order valence-corrected chi connectivity index (χ4v) is 3.40. The lowest BCUT2D eigenvalue weighted by Gasteiger charge is -2.24. The minimum atomic E-state index is -0.0812. The van der Waals surface area contributed by atoms with Crippen molar-refractivity contribution in [1.82, 2.24) is 25.4 Å². The number of rotatable bonds is 5. The summed E-state index contributed by atoms with van der Waals surface area (Å²) in [5.41, 5.74) is -0.0812. The van der Waals surface area contributed by atoms with Gasteiger partial charge in [0.1, 0.15) is 12.4 Å². The number of aryl methyl sites for hydroxylation is 1. The molecule has 2 aliphatic heterocycles. The van der Waals surface area contributed by atoms with Crippen LogP contribution in [0.1, 0.15) is 57.6 Å². The van der Waals surface area contributed by atoms with E-state index < -0.39 is 0 Å². The molecule has 1 atom stereocenters. The maximum atomic E-state index is 5.84. The van der Waals surface area contributed by atoms with Gasteiger partial charge in [0.15, 0.2) is 11.8 Å². The van der Waals surface area contributed by atoms with Crippen molar-refractivity contribution in [3.8, 4) is 0 Å². The molecule has 142 valence electrons. The average molecular weight is 462 g/mol. The first-order valence-corrected chi connectivity index (χ1v) is 9.27. The number of aromatic nitrogens is 3. The number of hydrogen-bond donors (Lipinski definition) is 2. The summed E-state index contributed by atoms with van der Waals surface area (Å²) in [7, 11) is 0. The van der Waals surface area contributed by atoms with Crippen molar-refractivity contribution in [2.45, 2.75) is 71.1 Å². The van der Waals surface area contributed by atoms with Crippen LogP contribution < -0.4 is 10.6 Å². The summed E-state index contributed by atoms with van der Waals surface area (Å²) >= 11 is 0. The summed E-state index contributed by atoms with van der Waals surface area (Å²) in [5, 5.41) is 15.4. The third-order valence-corrected chi connectivity index (χ3v) is 4.84. The van der Waals surface area contributed by atoms with E-state index in [4.69, 9.17) is 9.73 Å². The van der Waals surface area contributed by atoms with E-state index in [0.717, 1.165) is 63.1 Å². The van der Waals surface area contributed by atoms with E-state index in [0.29, 0.717) is 6.54 Å². The van der Waals surface area contributed by atoms with Crippen LogP contribution in [0.4, 0.5) is 0 Å². The van der Waals surface area contributed by atoms with Crippen molar-refractivity contribution in [1.29, 1.82) is 0 Å². The zero-order chi connectivity index (χ0) is 16.8. The molecule has 25 heavy (non-hydrogen) atoms. The predicted molar refractivity (Wildman–Crippen MR) is 109 cm³/mol. The van der Waals surface area contributed by atoms with Gasteiger partial charge in [-0.25, -0.2) is 4.99 Å². The fourth-order valence-electron chi connectivity index (χ4n) is 3.40. The third kappa shape index (κ3) is 5.54. The Morgan fingerprint density at radius 3 is 2.88 bits per heavy atom. The van der Waals surface area contributed by atoms with Gasteiger partial charge in [-0.05, 0) is 39.5 Å². The quantitative estimate of drug-likeness (QED) is 0.399. The summed E-state index contributed by atoms with van der Waals surface area (Å²) in [6.07, 6.45) is 6.95. The molecule has 0 spiro atoms. The highest BCUT2D eigenvalue weighted by atomic mass is 127. The molecule has 1 aromatic rings. The lowest BCUT2D eigenvalue weighted by atomic mass is 10.0. The van der Waals surface area contributed by atoms with Crippen LogP contribution in [-0.4, -0.2) is 46.0 Å². The van der Waals surface area contributed by atoms with Crippen molar-refractivity contribution in [3.05, 3.63) is 11.6 Å². The summed E-state index contributed by atoms with van der Waals surface area (Å²) in [6, 6.07) is 0. The van der Waals surface area contributed by atoms with Crippen LogP contribution in [0.2, 0.25) is 0 Å². The molecule has 0 saturated carbocycles. The zero-order valence-electron chi connectivity index (χ0n) is 15.4. The Kier molecular flexibility index (Phi) is 7.92. The molecular formula is C17H31IN6O. The summed E-state index contributed by atoms with van der Waals surface area (Å²) in [6.45, 7) is 8.28. The molecule has 0 radical (unpaired) electrons. The van der Waals surface area contributed by atoms with E-state index in [1.807, 2.05) is 0 Å². The Bertz CT molecular complexity index is 567. The summed E-state index contributed by atoms with van der Waals surface area (Å²) in [5.74, 6) is 2.90. The van der Waals surface area contributed by atoms with E-state index in [1.54, 1.807) is 0 Å². The molecule has 1 aromatic heterocycles. The van der Waals surface area contributed by atoms with E-state index in [2.05, 4.69) is 39.2 Å². The molecule has 2 N–H and O–H groups in total. The highest BCUT2D eigenvalue weighted by Gasteiger charge is 2.29. The predicted octanol–water partition coefficient (Wildman–Crippen LogP) is 2.25. The van der Waals surface area contributed by atoms with Crippen LogP contribution in [0.5, 0.6) is 0 Å². The number of aliphatic imine (C=N–C) groups is 1. The Morgan fingerprint density at radius 2 is 2.12 bits per heavy atom. The lowest BCUT2D eigenvalue weighted by molar-refractivity contribution is 0.0243. The van der Waals surface area contributed by atoms with Gasteiger partial charge in [0.2, 0.25) is 0 Å². The Morgan fingerprint density at radius 1 is 1.24 bits per heavy atom. The van der Waals surface area contributed by atoms with Crippen molar-refractivity contribution in [2.75, 3.05) is 19.7 Å². The molecule has 0 aliphatic carbocycles. The fraction of sp³-hybridized carbons (Fsp3) is 0.824. The Labute approximate surface area is 167 Å². The molecule has 1 saturated heterocycles. The largest absolute Gasteiger partial charge is 0.373 e. The highest BCUT2D eigenvalue weighted by molar-refractivity contribution is 14.0. The first kappa shape index (κ1) is 20.4. The molecule has 0 bridgehead atoms. The van der Waals surface area contributed by atoms with Gasteiger partial charge in [0.25, 0.3) is 0 Å².